The van der Waals surface area contributed by atoms with Gasteiger partial charge in [-0.1, -0.05) is 90.0 Å². The summed E-state index contributed by atoms with van der Waals surface area (Å²) < 4.78 is 0. The predicted octanol–water partition coefficient (Wildman–Crippen LogP) is 6.35. The van der Waals surface area contributed by atoms with Crippen LogP contribution in [0.1, 0.15) is 22.3 Å². The van der Waals surface area contributed by atoms with E-state index < -0.39 is 0 Å². The van der Waals surface area contributed by atoms with Gasteiger partial charge in [0.15, 0.2) is 0 Å². The first kappa shape index (κ1) is 16.2. The van der Waals surface area contributed by atoms with E-state index in [0.29, 0.717) is 10.0 Å². The highest BCUT2D eigenvalue weighted by molar-refractivity contribution is 7.81. The van der Waals surface area contributed by atoms with Gasteiger partial charge in [-0.15, -0.1) is 0 Å². The van der Waals surface area contributed by atoms with E-state index in [1.807, 2.05) is 18.2 Å². The van der Waals surface area contributed by atoms with Gasteiger partial charge in [0, 0.05) is 10.0 Å². The Kier molecular flexibility index (Phi) is 5.12. The van der Waals surface area contributed by atoms with Crippen LogP contribution < -0.4 is 0 Å². The van der Waals surface area contributed by atoms with Crippen LogP contribution in [-0.4, -0.2) is 4.86 Å². The van der Waals surface area contributed by atoms with Gasteiger partial charge in [0.25, 0.3) is 0 Å². The second kappa shape index (κ2) is 7.27. The summed E-state index contributed by atoms with van der Waals surface area (Å²) >= 11 is 17.7. The molecule has 0 bridgehead atoms. The molecule has 114 valence electrons. The molecule has 0 atom stereocenters. The Balaban J connectivity index is 1.80. The van der Waals surface area contributed by atoms with Gasteiger partial charge in [-0.25, -0.2) is 0 Å². The lowest BCUT2D eigenvalue weighted by Gasteiger charge is -2.08. The molecule has 3 aromatic carbocycles. The lowest BCUT2D eigenvalue weighted by Crippen LogP contribution is -2.00. The first-order chi connectivity index (χ1) is 11.1. The van der Waals surface area contributed by atoms with E-state index in [0.717, 1.165) is 22.4 Å². The monoisotopic (exact) mass is 356 g/mol. The molecule has 0 spiro atoms. The highest BCUT2D eigenvalue weighted by Gasteiger charge is 2.07. The van der Waals surface area contributed by atoms with Crippen LogP contribution in [0.15, 0.2) is 72.8 Å². The van der Waals surface area contributed by atoms with Gasteiger partial charge < -0.3 is 0 Å². The molecule has 3 heteroatoms. The van der Waals surface area contributed by atoms with E-state index in [2.05, 4.69) is 48.5 Å². The molecule has 0 saturated carbocycles. The van der Waals surface area contributed by atoms with E-state index in [9.17, 15) is 0 Å². The molecule has 0 amide bonds. The van der Waals surface area contributed by atoms with Crippen molar-refractivity contribution in [3.63, 3.8) is 0 Å². The molecule has 0 fully saturated rings. The minimum absolute atomic E-state index is 0.593. The molecule has 3 aromatic rings. The highest BCUT2D eigenvalue weighted by atomic mass is 35.5. The van der Waals surface area contributed by atoms with Crippen LogP contribution in [0.4, 0.5) is 0 Å². The minimum atomic E-state index is 0.593. The lowest BCUT2D eigenvalue weighted by atomic mass is 10.0. The predicted molar refractivity (Wildman–Crippen MR) is 103 cm³/mol. The van der Waals surface area contributed by atoms with Crippen LogP contribution in [0.5, 0.6) is 0 Å². The second-order valence-corrected chi connectivity index (χ2v) is 6.63. The quantitative estimate of drug-likeness (QED) is 0.387. The average molecular weight is 357 g/mol. The van der Waals surface area contributed by atoms with E-state index in [4.69, 9.17) is 35.4 Å². The SMILES string of the molecule is S=C(c1ccc(Cc2ccccc2)cc1)c1cc(Cl)cc(Cl)c1. The zero-order valence-corrected chi connectivity index (χ0v) is 14.6. The van der Waals surface area contributed by atoms with Gasteiger partial charge in [-0.05, 0) is 46.9 Å². The number of thiocarbonyl (C=S) groups is 1. The van der Waals surface area contributed by atoms with Crippen molar-refractivity contribution in [1.82, 2.24) is 0 Å². The standard InChI is InChI=1S/C20H14Cl2S/c21-18-11-17(12-19(22)13-18)20(23)16-8-6-15(7-9-16)10-14-4-2-1-3-5-14/h1-9,11-13H,10H2. The van der Waals surface area contributed by atoms with Gasteiger partial charge in [0.05, 0.1) is 4.86 Å². The number of rotatable bonds is 4. The smallest absolute Gasteiger partial charge is 0.0522 e. The van der Waals surface area contributed by atoms with Gasteiger partial charge in [0.1, 0.15) is 0 Å². The number of hydrogen-bond acceptors (Lipinski definition) is 1. The second-order valence-electron chi connectivity index (χ2n) is 5.35. The molecule has 0 nitrogen and oxygen atoms in total. The Morgan fingerprint density at radius 3 is 1.87 bits per heavy atom. The molecule has 0 aliphatic heterocycles. The van der Waals surface area contributed by atoms with Crippen molar-refractivity contribution in [2.24, 2.45) is 0 Å². The van der Waals surface area contributed by atoms with Crippen molar-refractivity contribution in [3.8, 4) is 0 Å². The van der Waals surface area contributed by atoms with Crippen LogP contribution >= 0.6 is 35.4 Å². The maximum atomic E-state index is 6.05. The van der Waals surface area contributed by atoms with E-state index in [-0.39, 0.29) is 0 Å². The molecule has 0 aliphatic carbocycles. The van der Waals surface area contributed by atoms with Crippen molar-refractivity contribution >= 4 is 40.3 Å². The number of benzene rings is 3. The van der Waals surface area contributed by atoms with Crippen LogP contribution in [0.2, 0.25) is 10.0 Å². The van der Waals surface area contributed by atoms with Crippen LogP contribution in [0.3, 0.4) is 0 Å². The first-order valence-corrected chi connectivity index (χ1v) is 8.42. The van der Waals surface area contributed by atoms with Gasteiger partial charge in [-0.3, -0.25) is 0 Å². The third-order valence-electron chi connectivity index (χ3n) is 3.59. The summed E-state index contributed by atoms with van der Waals surface area (Å²) in [6, 6.07) is 24.1. The highest BCUT2D eigenvalue weighted by Crippen LogP contribution is 2.22. The lowest BCUT2D eigenvalue weighted by molar-refractivity contribution is 1.19. The number of hydrogen-bond donors (Lipinski definition) is 0. The summed E-state index contributed by atoms with van der Waals surface area (Å²) in [5, 5.41) is 1.19. The Hall–Kier alpha value is -1.67. The first-order valence-electron chi connectivity index (χ1n) is 7.25. The van der Waals surface area contributed by atoms with Gasteiger partial charge in [-0.2, -0.15) is 0 Å². The van der Waals surface area contributed by atoms with Crippen molar-refractivity contribution < 1.29 is 0 Å². The van der Waals surface area contributed by atoms with Crippen molar-refractivity contribution in [2.45, 2.75) is 6.42 Å². The number of halogens is 2. The Labute approximate surface area is 151 Å². The van der Waals surface area contributed by atoms with E-state index in [1.165, 1.54) is 11.1 Å². The molecule has 0 N–H and O–H groups in total. The van der Waals surface area contributed by atoms with Crippen LogP contribution in [0, 0.1) is 0 Å². The fourth-order valence-electron chi connectivity index (χ4n) is 2.46. The largest absolute Gasteiger partial charge is 0.0843 e. The van der Waals surface area contributed by atoms with E-state index >= 15 is 0 Å². The maximum absolute atomic E-state index is 6.05. The topological polar surface area (TPSA) is 0 Å². The molecule has 0 aliphatic rings. The third kappa shape index (κ3) is 4.20. The summed E-state index contributed by atoms with van der Waals surface area (Å²) in [5.41, 5.74) is 4.42. The van der Waals surface area contributed by atoms with Crippen molar-refractivity contribution in [2.75, 3.05) is 0 Å². The molecular weight excluding hydrogens is 343 g/mol. The summed E-state index contributed by atoms with van der Waals surface area (Å²) in [7, 11) is 0. The summed E-state index contributed by atoms with van der Waals surface area (Å²) in [6.45, 7) is 0. The minimum Gasteiger partial charge on any atom is -0.0843 e. The van der Waals surface area contributed by atoms with Crippen molar-refractivity contribution in [1.29, 1.82) is 0 Å². The molecule has 0 radical (unpaired) electrons. The molecule has 0 saturated heterocycles. The van der Waals surface area contributed by atoms with Gasteiger partial charge >= 0.3 is 0 Å². The fourth-order valence-corrected chi connectivity index (χ4v) is 3.24. The normalized spacial score (nSPS) is 10.5. The van der Waals surface area contributed by atoms with Crippen LogP contribution in [-0.2, 0) is 6.42 Å². The maximum Gasteiger partial charge on any atom is 0.0522 e. The Morgan fingerprint density at radius 2 is 1.26 bits per heavy atom. The molecule has 23 heavy (non-hydrogen) atoms. The molecule has 3 rings (SSSR count). The van der Waals surface area contributed by atoms with Crippen molar-refractivity contribution in [3.05, 3.63) is 105 Å². The molecule has 0 aromatic heterocycles. The Bertz CT molecular complexity index is 804. The fraction of sp³-hybridized carbons (Fsp3) is 0.0500. The Morgan fingerprint density at radius 1 is 0.696 bits per heavy atom. The summed E-state index contributed by atoms with van der Waals surface area (Å²) in [5.74, 6) is 0. The zero-order chi connectivity index (χ0) is 16.2. The van der Waals surface area contributed by atoms with Gasteiger partial charge in [0.2, 0.25) is 0 Å². The van der Waals surface area contributed by atoms with E-state index in [1.54, 1.807) is 6.07 Å². The molecule has 0 heterocycles. The van der Waals surface area contributed by atoms with Crippen LogP contribution in [0.25, 0.3) is 0 Å². The summed E-state index contributed by atoms with van der Waals surface area (Å²) in [6.07, 6.45) is 0.914. The zero-order valence-electron chi connectivity index (χ0n) is 12.3. The average Bonchev–Trinajstić information content (AvgIpc) is 2.55. The molecular formula is C20H14Cl2S. The third-order valence-corrected chi connectivity index (χ3v) is 4.50. The molecule has 0 unspecified atom stereocenters. The summed E-state index contributed by atoms with van der Waals surface area (Å²) in [4.78, 5) is 0.751.